The molecule has 0 radical (unpaired) electrons. The molecule has 8 nitrogen and oxygen atoms in total. The molecule has 1 aromatic rings. The van der Waals surface area contributed by atoms with Crippen LogP contribution in [0.1, 0.15) is 0 Å². The van der Waals surface area contributed by atoms with Crippen molar-refractivity contribution < 1.29 is 39.4 Å². The molecule has 9 heteroatoms. The summed E-state index contributed by atoms with van der Waals surface area (Å²) >= 11 is 0. The molecule has 16 heavy (non-hydrogen) atoms. The Morgan fingerprint density at radius 1 is 1.00 bits per heavy atom. The molecule has 1 aromatic carbocycles. The van der Waals surface area contributed by atoms with E-state index in [-0.39, 0.29) is 0 Å². The number of carbonyl (C=O) groups is 1. The lowest BCUT2D eigenvalue weighted by Crippen LogP contribution is -1.81. The lowest BCUT2D eigenvalue weighted by Gasteiger charge is -1.82. The molecule has 0 unspecified atom stereocenters. The molecule has 0 aromatic heterocycles. The van der Waals surface area contributed by atoms with Gasteiger partial charge in [-0.2, -0.15) is 0 Å². The summed E-state index contributed by atoms with van der Waals surface area (Å²) in [6.45, 7) is 0. The second-order valence-corrected chi connectivity index (χ2v) is 3.16. The molecule has 1 rings (SSSR count). The van der Waals surface area contributed by atoms with E-state index >= 15 is 0 Å². The molecule has 6 N–H and O–H groups in total. The Bertz CT molecular complexity index is 319. The minimum atomic E-state index is -4.64. The van der Waals surface area contributed by atoms with Gasteiger partial charge in [0.25, 0.3) is 0 Å². The van der Waals surface area contributed by atoms with Gasteiger partial charge >= 0.3 is 14.0 Å². The van der Waals surface area contributed by atoms with E-state index in [0.717, 1.165) is 0 Å². The average molecular weight is 254 g/mol. The highest BCUT2D eigenvalue weighted by Gasteiger charge is 2.00. The molecule has 0 saturated heterocycles. The predicted molar refractivity (Wildman–Crippen MR) is 53.0 cm³/mol. The lowest BCUT2D eigenvalue weighted by atomic mass is 10.3. The van der Waals surface area contributed by atoms with Crippen LogP contribution in [0.4, 0.5) is 4.79 Å². The summed E-state index contributed by atoms with van der Waals surface area (Å²) < 4.78 is 8.88. The summed E-state index contributed by atoms with van der Waals surface area (Å²) in [5.74, 6) is 0.322. The third kappa shape index (κ3) is 39.3. The van der Waals surface area contributed by atoms with Crippen molar-refractivity contribution in [3.63, 3.8) is 0 Å². The number of benzene rings is 1. The van der Waals surface area contributed by atoms with E-state index in [9.17, 15) is 0 Å². The number of carboxylic acid groups (broad SMARTS) is 2. The standard InChI is InChI=1S/C6H6O.CH2O3.H3O4P/c7-6-4-2-1-3-5-6;2-1(3)4;1-5(2,3)4/h1-5,7H;(H2,2,3,4);(H3,1,2,3,4). The van der Waals surface area contributed by atoms with Crippen molar-refractivity contribution in [1.82, 2.24) is 0 Å². The summed E-state index contributed by atoms with van der Waals surface area (Å²) in [5.41, 5.74) is 0. The third-order valence-electron chi connectivity index (χ3n) is 0.756. The first-order chi connectivity index (χ1) is 7.13. The summed E-state index contributed by atoms with van der Waals surface area (Å²) in [5, 5.41) is 22.6. The van der Waals surface area contributed by atoms with Crippen LogP contribution in [-0.4, -0.2) is 36.2 Å². The smallest absolute Gasteiger partial charge is 0.503 e. The van der Waals surface area contributed by atoms with Gasteiger partial charge in [-0.25, -0.2) is 9.36 Å². The predicted octanol–water partition coefficient (Wildman–Crippen LogP) is 0.686. The SMILES string of the molecule is O=C(O)O.O=P(O)(O)O.Oc1ccccc1. The van der Waals surface area contributed by atoms with E-state index in [1.54, 1.807) is 24.3 Å². The maximum absolute atomic E-state index is 8.88. The van der Waals surface area contributed by atoms with Gasteiger partial charge in [-0.3, -0.25) is 0 Å². The van der Waals surface area contributed by atoms with E-state index in [4.69, 9.17) is 39.4 Å². The van der Waals surface area contributed by atoms with Crippen LogP contribution in [0.25, 0.3) is 0 Å². The number of hydrogen-bond acceptors (Lipinski definition) is 3. The van der Waals surface area contributed by atoms with Crippen LogP contribution < -0.4 is 0 Å². The molecule has 0 fully saturated rings. The quantitative estimate of drug-likeness (QED) is 0.369. The number of hydrogen-bond donors (Lipinski definition) is 6. The van der Waals surface area contributed by atoms with Crippen molar-refractivity contribution in [3.05, 3.63) is 30.3 Å². The normalized spacial score (nSPS) is 8.94. The number of rotatable bonds is 0. The average Bonchev–Trinajstić information content (AvgIpc) is 2.00. The first kappa shape index (κ1) is 16.8. The monoisotopic (exact) mass is 254 g/mol. The largest absolute Gasteiger partial charge is 0.508 e. The zero-order valence-corrected chi connectivity index (χ0v) is 8.73. The maximum atomic E-state index is 8.88. The van der Waals surface area contributed by atoms with Crippen LogP contribution in [0.15, 0.2) is 30.3 Å². The highest BCUT2D eigenvalue weighted by molar-refractivity contribution is 7.45. The van der Waals surface area contributed by atoms with Crippen LogP contribution in [0.2, 0.25) is 0 Å². The fourth-order valence-electron chi connectivity index (χ4n) is 0.428. The van der Waals surface area contributed by atoms with Gasteiger partial charge in [0.2, 0.25) is 0 Å². The first-order valence-corrected chi connectivity index (χ1v) is 5.13. The summed E-state index contributed by atoms with van der Waals surface area (Å²) in [4.78, 5) is 30.1. The van der Waals surface area contributed by atoms with Crippen LogP contribution in [0.3, 0.4) is 0 Å². The van der Waals surface area contributed by atoms with Crippen LogP contribution in [0.5, 0.6) is 5.75 Å². The minimum absolute atomic E-state index is 0.322. The summed E-state index contributed by atoms with van der Waals surface area (Å²) in [6.07, 6.45) is -1.83. The molecule has 0 aliphatic heterocycles. The number of aromatic hydroxyl groups is 1. The second kappa shape index (κ2) is 8.69. The fraction of sp³-hybridized carbons (Fsp3) is 0. The van der Waals surface area contributed by atoms with Crippen LogP contribution in [0, 0.1) is 0 Å². The number of phosphoric acid groups is 1. The van der Waals surface area contributed by atoms with Crippen LogP contribution in [-0.2, 0) is 4.57 Å². The summed E-state index contributed by atoms with van der Waals surface area (Å²) in [6, 6.07) is 8.71. The van der Waals surface area contributed by atoms with E-state index in [1.807, 2.05) is 6.07 Å². The Balaban J connectivity index is 0. The van der Waals surface area contributed by atoms with Gasteiger partial charge in [0, 0.05) is 0 Å². The highest BCUT2D eigenvalue weighted by Crippen LogP contribution is 2.25. The lowest BCUT2D eigenvalue weighted by molar-refractivity contribution is 0.137. The van der Waals surface area contributed by atoms with Gasteiger partial charge < -0.3 is 30.0 Å². The molecule has 0 amide bonds. The van der Waals surface area contributed by atoms with Crippen LogP contribution >= 0.6 is 7.82 Å². The maximum Gasteiger partial charge on any atom is 0.503 e. The van der Waals surface area contributed by atoms with Crippen molar-refractivity contribution >= 4 is 14.0 Å². The Morgan fingerprint density at radius 2 is 1.25 bits per heavy atom. The topological polar surface area (TPSA) is 156 Å². The Morgan fingerprint density at radius 3 is 1.38 bits per heavy atom. The highest BCUT2D eigenvalue weighted by atomic mass is 31.2. The molecule has 0 bridgehead atoms. The third-order valence-corrected chi connectivity index (χ3v) is 0.756. The molecule has 92 valence electrons. The number of phenolic OH excluding ortho intramolecular Hbond substituents is 1. The van der Waals surface area contributed by atoms with Gasteiger partial charge in [-0.15, -0.1) is 0 Å². The molecule has 0 atom stereocenters. The van der Waals surface area contributed by atoms with Crippen molar-refractivity contribution in [1.29, 1.82) is 0 Å². The Kier molecular flexibility index (Phi) is 9.13. The Hall–Kier alpha value is -1.60. The molecule has 0 heterocycles. The van der Waals surface area contributed by atoms with Crippen molar-refractivity contribution in [2.75, 3.05) is 0 Å². The zero-order chi connectivity index (χ0) is 13.2. The molecule has 0 spiro atoms. The molecular formula is C7H11O8P. The second-order valence-electron chi connectivity index (χ2n) is 2.13. The van der Waals surface area contributed by atoms with Crippen molar-refractivity contribution in [2.24, 2.45) is 0 Å². The fourth-order valence-corrected chi connectivity index (χ4v) is 0.428. The molecule has 0 saturated carbocycles. The molecule has 0 aliphatic carbocycles. The van der Waals surface area contributed by atoms with E-state index in [2.05, 4.69) is 0 Å². The molecular weight excluding hydrogens is 243 g/mol. The van der Waals surface area contributed by atoms with E-state index in [1.165, 1.54) is 0 Å². The number of phenols is 1. The molecule has 0 aliphatic rings. The van der Waals surface area contributed by atoms with Gasteiger partial charge in [0.1, 0.15) is 5.75 Å². The zero-order valence-electron chi connectivity index (χ0n) is 7.83. The Labute approximate surface area is 90.3 Å². The van der Waals surface area contributed by atoms with E-state index < -0.39 is 14.0 Å². The van der Waals surface area contributed by atoms with Gasteiger partial charge in [0.05, 0.1) is 0 Å². The van der Waals surface area contributed by atoms with E-state index in [0.29, 0.717) is 5.75 Å². The van der Waals surface area contributed by atoms with Gasteiger partial charge in [-0.1, -0.05) is 18.2 Å². The number of para-hydroxylation sites is 1. The minimum Gasteiger partial charge on any atom is -0.508 e. The van der Waals surface area contributed by atoms with Gasteiger partial charge in [-0.05, 0) is 12.1 Å². The summed E-state index contributed by atoms with van der Waals surface area (Å²) in [7, 11) is -4.64. The first-order valence-electron chi connectivity index (χ1n) is 3.57. The van der Waals surface area contributed by atoms with Crippen molar-refractivity contribution in [2.45, 2.75) is 0 Å². The van der Waals surface area contributed by atoms with Crippen molar-refractivity contribution in [3.8, 4) is 5.75 Å². The van der Waals surface area contributed by atoms with Gasteiger partial charge in [0.15, 0.2) is 0 Å².